The van der Waals surface area contributed by atoms with E-state index in [-0.39, 0.29) is 11.1 Å². The monoisotopic (exact) mass is 274 g/mol. The number of aryl methyl sites for hydroxylation is 1. The van der Waals surface area contributed by atoms with Crippen LogP contribution in [0.15, 0.2) is 35.1 Å². The van der Waals surface area contributed by atoms with Crippen molar-refractivity contribution in [3.8, 4) is 17.5 Å². The van der Waals surface area contributed by atoms with Crippen molar-refractivity contribution in [3.05, 3.63) is 57.0 Å². The van der Waals surface area contributed by atoms with Gasteiger partial charge in [-0.25, -0.2) is 0 Å². The minimum Gasteiger partial charge on any atom is -0.495 e. The van der Waals surface area contributed by atoms with Crippen LogP contribution in [0, 0.1) is 18.3 Å². The highest BCUT2D eigenvalue weighted by Gasteiger charge is 2.10. The third kappa shape index (κ3) is 2.33. The number of hydrogen-bond acceptors (Lipinski definition) is 3. The minimum absolute atomic E-state index is 0.0949. The summed E-state index contributed by atoms with van der Waals surface area (Å²) in [4.78, 5) is 12.2. The fourth-order valence-electron chi connectivity index (χ4n) is 1.83. The molecule has 1 aromatic heterocycles. The molecule has 19 heavy (non-hydrogen) atoms. The second-order valence-corrected chi connectivity index (χ2v) is 4.37. The topological polar surface area (TPSA) is 55.0 Å². The summed E-state index contributed by atoms with van der Waals surface area (Å²) in [5.41, 5.74) is 1.07. The summed E-state index contributed by atoms with van der Waals surface area (Å²) in [7, 11) is 1.52. The SMILES string of the molecule is COc1ccc(-n2c(C)ccc(C#N)c2=O)cc1Cl. The molecule has 0 saturated carbocycles. The molecule has 0 aliphatic heterocycles. The number of hydrogen-bond donors (Lipinski definition) is 0. The van der Waals surface area contributed by atoms with Crippen molar-refractivity contribution in [2.75, 3.05) is 7.11 Å². The second-order valence-electron chi connectivity index (χ2n) is 3.96. The maximum atomic E-state index is 12.2. The van der Waals surface area contributed by atoms with Crippen LogP contribution in [0.5, 0.6) is 5.75 Å². The number of rotatable bonds is 2. The molecule has 0 bridgehead atoms. The lowest BCUT2D eigenvalue weighted by Gasteiger charge is -2.11. The van der Waals surface area contributed by atoms with E-state index < -0.39 is 0 Å². The average molecular weight is 275 g/mol. The molecule has 0 aliphatic carbocycles. The molecule has 0 radical (unpaired) electrons. The predicted octanol–water partition coefficient (Wildman–Crippen LogP) is 2.68. The van der Waals surface area contributed by atoms with E-state index in [9.17, 15) is 4.79 Å². The van der Waals surface area contributed by atoms with Gasteiger partial charge in [0.1, 0.15) is 17.4 Å². The smallest absolute Gasteiger partial charge is 0.273 e. The number of halogens is 1. The number of nitrogens with zero attached hydrogens (tertiary/aromatic N) is 2. The predicted molar refractivity (Wildman–Crippen MR) is 73.1 cm³/mol. The normalized spacial score (nSPS) is 10.0. The van der Waals surface area contributed by atoms with E-state index in [4.69, 9.17) is 21.6 Å². The third-order valence-electron chi connectivity index (χ3n) is 2.79. The first-order valence-corrected chi connectivity index (χ1v) is 5.93. The zero-order valence-electron chi connectivity index (χ0n) is 10.5. The molecule has 0 N–H and O–H groups in total. The first-order chi connectivity index (χ1) is 9.08. The first kappa shape index (κ1) is 13.2. The van der Waals surface area contributed by atoms with Crippen molar-refractivity contribution in [2.24, 2.45) is 0 Å². The number of ether oxygens (including phenoxy) is 1. The molecule has 0 unspecified atom stereocenters. The molecular weight excluding hydrogens is 264 g/mol. The van der Waals surface area contributed by atoms with E-state index in [1.807, 2.05) is 6.07 Å². The Morgan fingerprint density at radius 2 is 2.05 bits per heavy atom. The molecule has 4 nitrogen and oxygen atoms in total. The molecule has 2 aromatic rings. The lowest BCUT2D eigenvalue weighted by Crippen LogP contribution is -2.22. The summed E-state index contributed by atoms with van der Waals surface area (Å²) < 4.78 is 6.52. The number of methoxy groups -OCH3 is 1. The van der Waals surface area contributed by atoms with Crippen LogP contribution in [-0.2, 0) is 0 Å². The molecule has 0 aliphatic rings. The maximum absolute atomic E-state index is 12.2. The Kier molecular flexibility index (Phi) is 3.59. The molecule has 1 heterocycles. The van der Waals surface area contributed by atoms with Gasteiger partial charge in [0.25, 0.3) is 5.56 Å². The highest BCUT2D eigenvalue weighted by atomic mass is 35.5. The number of pyridine rings is 1. The molecule has 2 rings (SSSR count). The molecule has 0 spiro atoms. The first-order valence-electron chi connectivity index (χ1n) is 5.55. The Labute approximate surface area is 115 Å². The van der Waals surface area contributed by atoms with Crippen molar-refractivity contribution in [1.29, 1.82) is 5.26 Å². The summed E-state index contributed by atoms with van der Waals surface area (Å²) in [6.07, 6.45) is 0. The van der Waals surface area contributed by atoms with E-state index >= 15 is 0 Å². The standard InChI is InChI=1S/C14H11ClN2O2/c1-9-3-4-10(8-16)14(18)17(9)11-5-6-13(19-2)12(15)7-11/h3-7H,1-2H3. The van der Waals surface area contributed by atoms with Crippen LogP contribution in [-0.4, -0.2) is 11.7 Å². The van der Waals surface area contributed by atoms with Gasteiger partial charge in [0.2, 0.25) is 0 Å². The van der Waals surface area contributed by atoms with Crippen LogP contribution >= 0.6 is 11.6 Å². The average Bonchev–Trinajstić information content (AvgIpc) is 2.39. The van der Waals surface area contributed by atoms with E-state index in [2.05, 4.69) is 0 Å². The lowest BCUT2D eigenvalue weighted by atomic mass is 10.2. The van der Waals surface area contributed by atoms with Crippen LogP contribution in [0.4, 0.5) is 0 Å². The van der Waals surface area contributed by atoms with E-state index in [0.717, 1.165) is 5.69 Å². The number of aromatic nitrogens is 1. The second kappa shape index (κ2) is 5.17. The molecule has 96 valence electrons. The van der Waals surface area contributed by atoms with Gasteiger partial charge in [-0.3, -0.25) is 9.36 Å². The number of nitriles is 1. The summed E-state index contributed by atoms with van der Waals surface area (Å²) >= 11 is 6.05. The zero-order valence-corrected chi connectivity index (χ0v) is 11.2. The van der Waals surface area contributed by atoms with Gasteiger partial charge in [-0.15, -0.1) is 0 Å². The van der Waals surface area contributed by atoms with Crippen LogP contribution in [0.2, 0.25) is 5.02 Å². The summed E-state index contributed by atoms with van der Waals surface area (Å²) in [5.74, 6) is 0.535. The highest BCUT2D eigenvalue weighted by Crippen LogP contribution is 2.26. The third-order valence-corrected chi connectivity index (χ3v) is 3.09. The van der Waals surface area contributed by atoms with Crippen molar-refractivity contribution >= 4 is 11.6 Å². The van der Waals surface area contributed by atoms with Gasteiger partial charge in [-0.1, -0.05) is 11.6 Å². The minimum atomic E-state index is -0.358. The van der Waals surface area contributed by atoms with Crippen LogP contribution in [0.25, 0.3) is 5.69 Å². The molecule has 5 heteroatoms. The fraction of sp³-hybridized carbons (Fsp3) is 0.143. The van der Waals surface area contributed by atoms with Crippen molar-refractivity contribution in [1.82, 2.24) is 4.57 Å². The fourth-order valence-corrected chi connectivity index (χ4v) is 2.08. The Bertz CT molecular complexity index is 729. The molecular formula is C14H11ClN2O2. The highest BCUT2D eigenvalue weighted by molar-refractivity contribution is 6.32. The Balaban J connectivity index is 2.69. The Hall–Kier alpha value is -2.25. The number of benzene rings is 1. The Morgan fingerprint density at radius 3 is 2.63 bits per heavy atom. The summed E-state index contributed by atoms with van der Waals surface area (Å²) in [5, 5.41) is 9.32. The van der Waals surface area contributed by atoms with Gasteiger partial charge in [-0.2, -0.15) is 5.26 Å². The van der Waals surface area contributed by atoms with Crippen molar-refractivity contribution in [3.63, 3.8) is 0 Å². The summed E-state index contributed by atoms with van der Waals surface area (Å²) in [6, 6.07) is 10.2. The molecule has 1 aromatic carbocycles. The molecule has 0 saturated heterocycles. The largest absolute Gasteiger partial charge is 0.495 e. The van der Waals surface area contributed by atoms with Gasteiger partial charge < -0.3 is 4.74 Å². The molecule has 0 amide bonds. The zero-order chi connectivity index (χ0) is 14.0. The van der Waals surface area contributed by atoms with E-state index in [0.29, 0.717) is 16.5 Å². The maximum Gasteiger partial charge on any atom is 0.273 e. The van der Waals surface area contributed by atoms with Crippen LogP contribution in [0.1, 0.15) is 11.3 Å². The van der Waals surface area contributed by atoms with Gasteiger partial charge >= 0.3 is 0 Å². The Morgan fingerprint density at radius 1 is 1.32 bits per heavy atom. The molecule has 0 atom stereocenters. The van der Waals surface area contributed by atoms with Gasteiger partial charge in [-0.05, 0) is 37.3 Å². The van der Waals surface area contributed by atoms with Crippen LogP contribution < -0.4 is 10.3 Å². The lowest BCUT2D eigenvalue weighted by molar-refractivity contribution is 0.415. The molecule has 0 fully saturated rings. The van der Waals surface area contributed by atoms with E-state index in [1.54, 1.807) is 31.2 Å². The summed E-state index contributed by atoms with van der Waals surface area (Å²) in [6.45, 7) is 1.79. The van der Waals surface area contributed by atoms with Crippen molar-refractivity contribution in [2.45, 2.75) is 6.92 Å². The quantitative estimate of drug-likeness (QED) is 0.846. The van der Waals surface area contributed by atoms with Gasteiger partial charge in [0.05, 0.1) is 17.8 Å². The van der Waals surface area contributed by atoms with E-state index in [1.165, 1.54) is 17.7 Å². The van der Waals surface area contributed by atoms with Crippen LogP contribution in [0.3, 0.4) is 0 Å². The van der Waals surface area contributed by atoms with Gasteiger partial charge in [0, 0.05) is 5.69 Å². The van der Waals surface area contributed by atoms with Gasteiger partial charge in [0.15, 0.2) is 0 Å². The van der Waals surface area contributed by atoms with Crippen molar-refractivity contribution < 1.29 is 4.74 Å².